The SMILES string of the molecule is NNC(=O)c1ccncc1.Nc1cccc2c(=O)[nH][nH]c(=O)c12. The topological polar surface area (TPSA) is 160 Å². The normalized spacial score (nSPS) is 9.78. The first-order valence-electron chi connectivity index (χ1n) is 6.44. The van der Waals surface area contributed by atoms with Crippen molar-refractivity contribution in [3.8, 4) is 0 Å². The predicted octanol–water partition coefficient (Wildman–Crippen LogP) is -0.516. The number of fused-ring (bicyclic) bond motifs is 1. The van der Waals surface area contributed by atoms with Crippen molar-refractivity contribution >= 4 is 22.4 Å². The highest BCUT2D eigenvalue weighted by Crippen LogP contribution is 2.11. The molecule has 0 saturated heterocycles. The number of aromatic amines is 2. The molecule has 1 aromatic carbocycles. The molecule has 2 aromatic heterocycles. The average Bonchev–Trinajstić information content (AvgIpc) is 2.59. The second-order valence-electron chi connectivity index (χ2n) is 4.39. The molecule has 0 spiro atoms. The lowest BCUT2D eigenvalue weighted by atomic mass is 10.2. The van der Waals surface area contributed by atoms with Gasteiger partial charge >= 0.3 is 0 Å². The van der Waals surface area contributed by atoms with Crippen LogP contribution in [0.15, 0.2) is 52.3 Å². The number of aromatic nitrogens is 3. The minimum absolute atomic E-state index is 0.242. The molecule has 118 valence electrons. The molecule has 2 heterocycles. The molecule has 0 saturated carbocycles. The largest absolute Gasteiger partial charge is 0.398 e. The monoisotopic (exact) mass is 314 g/mol. The van der Waals surface area contributed by atoms with Crippen molar-refractivity contribution < 1.29 is 4.79 Å². The van der Waals surface area contributed by atoms with E-state index in [2.05, 4.69) is 15.2 Å². The lowest BCUT2D eigenvalue weighted by molar-refractivity contribution is 0.0953. The smallest absolute Gasteiger partial charge is 0.272 e. The van der Waals surface area contributed by atoms with Crippen LogP contribution >= 0.6 is 0 Å². The number of benzene rings is 1. The van der Waals surface area contributed by atoms with Crippen LogP contribution < -0.4 is 28.1 Å². The van der Waals surface area contributed by atoms with E-state index in [9.17, 15) is 14.4 Å². The van der Waals surface area contributed by atoms with Crippen LogP contribution in [0.4, 0.5) is 5.69 Å². The Bertz CT molecular complexity index is 932. The highest BCUT2D eigenvalue weighted by molar-refractivity contribution is 5.93. The number of hydrogen-bond acceptors (Lipinski definition) is 6. The molecule has 0 fully saturated rings. The summed E-state index contributed by atoms with van der Waals surface area (Å²) in [4.78, 5) is 36.9. The van der Waals surface area contributed by atoms with Crippen LogP contribution in [-0.4, -0.2) is 21.1 Å². The molecule has 0 aliphatic rings. The molecule has 0 aliphatic heterocycles. The highest BCUT2D eigenvalue weighted by Gasteiger charge is 2.04. The quantitative estimate of drug-likeness (QED) is 0.176. The zero-order valence-electron chi connectivity index (χ0n) is 11.9. The Kier molecular flexibility index (Phi) is 4.85. The zero-order valence-corrected chi connectivity index (χ0v) is 11.9. The number of carbonyl (C=O) groups excluding carboxylic acids is 1. The molecule has 3 rings (SSSR count). The second-order valence-corrected chi connectivity index (χ2v) is 4.39. The molecule has 0 aliphatic carbocycles. The summed E-state index contributed by atoms with van der Waals surface area (Å²) in [5.41, 5.74) is 7.66. The van der Waals surface area contributed by atoms with Crippen LogP contribution in [0.2, 0.25) is 0 Å². The van der Waals surface area contributed by atoms with Crippen molar-refractivity contribution in [1.29, 1.82) is 0 Å². The van der Waals surface area contributed by atoms with E-state index in [-0.39, 0.29) is 22.4 Å². The summed E-state index contributed by atoms with van der Waals surface area (Å²) < 4.78 is 0. The van der Waals surface area contributed by atoms with Crippen molar-refractivity contribution in [2.45, 2.75) is 0 Å². The molecule has 3 aromatic rings. The van der Waals surface area contributed by atoms with Crippen LogP contribution in [0.3, 0.4) is 0 Å². The maximum Gasteiger partial charge on any atom is 0.272 e. The van der Waals surface area contributed by atoms with Gasteiger partial charge in [0.2, 0.25) is 0 Å². The van der Waals surface area contributed by atoms with Gasteiger partial charge in [-0.25, -0.2) is 5.84 Å². The van der Waals surface area contributed by atoms with E-state index >= 15 is 0 Å². The molecule has 0 atom stereocenters. The molecule has 0 radical (unpaired) electrons. The lowest BCUT2D eigenvalue weighted by Crippen LogP contribution is -2.29. The predicted molar refractivity (Wildman–Crippen MR) is 85.5 cm³/mol. The van der Waals surface area contributed by atoms with Crippen LogP contribution in [0.5, 0.6) is 0 Å². The van der Waals surface area contributed by atoms with Crippen molar-refractivity contribution in [2.75, 3.05) is 5.73 Å². The molecular weight excluding hydrogens is 300 g/mol. The van der Waals surface area contributed by atoms with E-state index in [0.29, 0.717) is 16.6 Å². The fourth-order valence-electron chi connectivity index (χ4n) is 1.84. The van der Waals surface area contributed by atoms with E-state index < -0.39 is 0 Å². The summed E-state index contributed by atoms with van der Waals surface area (Å²) in [5.74, 6) is 4.58. The zero-order chi connectivity index (χ0) is 16.8. The Morgan fingerprint density at radius 1 is 1.04 bits per heavy atom. The maximum atomic E-state index is 11.2. The first kappa shape index (κ1) is 15.9. The van der Waals surface area contributed by atoms with Crippen molar-refractivity contribution in [3.63, 3.8) is 0 Å². The van der Waals surface area contributed by atoms with E-state index in [0.717, 1.165) is 0 Å². The third-order valence-electron chi connectivity index (χ3n) is 2.93. The van der Waals surface area contributed by atoms with Gasteiger partial charge < -0.3 is 5.73 Å². The number of pyridine rings is 1. The summed E-state index contributed by atoms with van der Waals surface area (Å²) in [6, 6.07) is 7.94. The number of nitrogens with two attached hydrogens (primary N) is 2. The first-order valence-corrected chi connectivity index (χ1v) is 6.44. The third kappa shape index (κ3) is 3.60. The number of nitrogens with one attached hydrogen (secondary N) is 3. The van der Waals surface area contributed by atoms with E-state index in [1.54, 1.807) is 30.3 Å². The Hall–Kier alpha value is -3.46. The Morgan fingerprint density at radius 3 is 2.30 bits per heavy atom. The fourth-order valence-corrected chi connectivity index (χ4v) is 1.84. The van der Waals surface area contributed by atoms with Gasteiger partial charge in [0.1, 0.15) is 0 Å². The summed E-state index contributed by atoms with van der Waals surface area (Å²) in [6.45, 7) is 0. The van der Waals surface area contributed by atoms with E-state index in [1.165, 1.54) is 12.4 Å². The molecule has 1 amide bonds. The van der Waals surface area contributed by atoms with Gasteiger partial charge in [0.05, 0.1) is 10.8 Å². The van der Waals surface area contributed by atoms with Gasteiger partial charge in [-0.1, -0.05) is 6.07 Å². The number of H-pyrrole nitrogens is 2. The number of hydrazine groups is 1. The standard InChI is InChI=1S/C8H7N3O2.C6H7N3O/c9-5-3-1-2-4-6(5)8(13)11-10-7(4)12;7-9-6(10)5-1-3-8-4-2-5/h1-3H,9H2,(H,10,12)(H,11,13);1-4H,7H2,(H,9,10). The van der Waals surface area contributed by atoms with Crippen molar-refractivity contribution in [3.05, 3.63) is 69.0 Å². The number of rotatable bonds is 1. The van der Waals surface area contributed by atoms with Crippen LogP contribution in [-0.2, 0) is 0 Å². The Balaban J connectivity index is 0.000000174. The lowest BCUT2D eigenvalue weighted by Gasteiger charge is -1.97. The van der Waals surface area contributed by atoms with Crippen LogP contribution in [0.25, 0.3) is 10.8 Å². The number of carbonyl (C=O) groups is 1. The van der Waals surface area contributed by atoms with Gasteiger partial charge in [-0.2, -0.15) is 0 Å². The number of hydrogen-bond donors (Lipinski definition) is 5. The molecule has 23 heavy (non-hydrogen) atoms. The Morgan fingerprint density at radius 2 is 1.70 bits per heavy atom. The minimum Gasteiger partial charge on any atom is -0.398 e. The molecule has 0 bridgehead atoms. The maximum absolute atomic E-state index is 11.2. The highest BCUT2D eigenvalue weighted by atomic mass is 16.2. The van der Waals surface area contributed by atoms with Gasteiger partial charge in [0.15, 0.2) is 0 Å². The Labute approximate surface area is 129 Å². The number of anilines is 1. The van der Waals surface area contributed by atoms with Crippen LogP contribution in [0.1, 0.15) is 10.4 Å². The van der Waals surface area contributed by atoms with E-state index in [4.69, 9.17) is 11.6 Å². The van der Waals surface area contributed by atoms with Crippen molar-refractivity contribution in [1.82, 2.24) is 20.6 Å². The molecule has 9 heteroatoms. The second kappa shape index (κ2) is 7.00. The summed E-state index contributed by atoms with van der Waals surface area (Å²) in [5, 5.41) is 4.98. The van der Waals surface area contributed by atoms with Gasteiger partial charge in [-0.15, -0.1) is 0 Å². The van der Waals surface area contributed by atoms with Gasteiger partial charge in [-0.05, 0) is 24.3 Å². The summed E-state index contributed by atoms with van der Waals surface area (Å²) in [7, 11) is 0. The van der Waals surface area contributed by atoms with E-state index in [1.807, 2.05) is 5.43 Å². The molecular formula is C14H14N6O3. The molecule has 7 N–H and O–H groups in total. The van der Waals surface area contributed by atoms with Gasteiger partial charge in [0, 0.05) is 23.6 Å². The van der Waals surface area contributed by atoms with Gasteiger partial charge in [0.25, 0.3) is 17.0 Å². The first-order chi connectivity index (χ1) is 11.0. The fraction of sp³-hybridized carbons (Fsp3) is 0. The average molecular weight is 314 g/mol. The number of nitrogens with zero attached hydrogens (tertiary/aromatic N) is 1. The number of nitrogen functional groups attached to an aromatic ring is 2. The summed E-state index contributed by atoms with van der Waals surface area (Å²) >= 11 is 0. The molecule has 0 unspecified atom stereocenters. The third-order valence-corrected chi connectivity index (χ3v) is 2.93. The number of amides is 1. The van der Waals surface area contributed by atoms with Crippen LogP contribution in [0, 0.1) is 0 Å². The summed E-state index contributed by atoms with van der Waals surface area (Å²) in [6.07, 6.45) is 3.06. The van der Waals surface area contributed by atoms with Crippen molar-refractivity contribution in [2.24, 2.45) is 5.84 Å². The minimum atomic E-state index is -0.382. The van der Waals surface area contributed by atoms with Gasteiger partial charge in [-0.3, -0.25) is 35.0 Å². The molecule has 9 nitrogen and oxygen atoms in total.